The molecule has 3 aliphatic heterocycles. The van der Waals surface area contributed by atoms with E-state index < -0.39 is 178 Å². The fourth-order valence-electron chi connectivity index (χ4n) is 7.01. The standard InChI is InChI=1S/C40H54O27/c1-15(41)52-12-26-30(56-19(5)45)33(59-22(8)48)36(38(63-26)62-25(11)51)66-40-37(34(60-23(9)49)31(57-20(6)46)28(65-40)14-54-17(3)43)67-39-35(61-24(10)50)32(58-21(7)47)29(55-18(4)44)27(64-39)13-53-16(2)42/h26-40H,12-14H2,1-11H3/t26-,27-,28-,29-,30-,31-,32+,33+,34+,35+,36+,37+,38-,39-,40-/m1/s1. The Morgan fingerprint density at radius 1 is 0.269 bits per heavy atom. The van der Waals surface area contributed by atoms with Gasteiger partial charge in [0, 0.05) is 76.2 Å². The van der Waals surface area contributed by atoms with Crippen LogP contribution in [-0.4, -0.2) is 178 Å². The van der Waals surface area contributed by atoms with E-state index >= 15 is 0 Å². The monoisotopic (exact) mass is 966 g/mol. The first-order valence-electron chi connectivity index (χ1n) is 20.3. The highest BCUT2D eigenvalue weighted by atomic mass is 16.8. The van der Waals surface area contributed by atoms with Crippen LogP contribution in [0.4, 0.5) is 0 Å². The fourth-order valence-corrected chi connectivity index (χ4v) is 7.01. The summed E-state index contributed by atoms with van der Waals surface area (Å²) in [6, 6.07) is 0. The maximum Gasteiger partial charge on any atom is 0.305 e. The molecule has 27 heteroatoms. The molecular weight excluding hydrogens is 912 g/mol. The molecule has 376 valence electrons. The maximum absolute atomic E-state index is 13.0. The molecule has 0 spiro atoms. The predicted molar refractivity (Wildman–Crippen MR) is 206 cm³/mol. The summed E-state index contributed by atoms with van der Waals surface area (Å²) in [6.07, 6.45) is -28.0. The summed E-state index contributed by atoms with van der Waals surface area (Å²) in [5.74, 6) is -10.8. The lowest BCUT2D eigenvalue weighted by Crippen LogP contribution is -2.69. The van der Waals surface area contributed by atoms with Crippen LogP contribution in [0.5, 0.6) is 0 Å². The quantitative estimate of drug-likeness (QED) is 0.114. The first-order chi connectivity index (χ1) is 31.3. The molecule has 0 aromatic heterocycles. The van der Waals surface area contributed by atoms with Gasteiger partial charge in [-0.2, -0.15) is 0 Å². The highest BCUT2D eigenvalue weighted by Crippen LogP contribution is 2.38. The van der Waals surface area contributed by atoms with Crippen molar-refractivity contribution in [2.45, 2.75) is 168 Å². The topological polar surface area (TPSA) is 335 Å². The minimum atomic E-state index is -2.17. The first kappa shape index (κ1) is 55.3. The molecule has 67 heavy (non-hydrogen) atoms. The van der Waals surface area contributed by atoms with E-state index in [0.29, 0.717) is 0 Å². The van der Waals surface area contributed by atoms with Crippen LogP contribution >= 0.6 is 0 Å². The Balaban J connectivity index is 2.40. The van der Waals surface area contributed by atoms with E-state index in [2.05, 4.69) is 0 Å². The minimum absolute atomic E-state index is 0.673. The zero-order valence-corrected chi connectivity index (χ0v) is 38.3. The molecule has 0 amide bonds. The zero-order chi connectivity index (χ0) is 50.4. The second kappa shape index (κ2) is 25.2. The van der Waals surface area contributed by atoms with Gasteiger partial charge >= 0.3 is 65.7 Å². The van der Waals surface area contributed by atoms with E-state index in [9.17, 15) is 52.7 Å². The molecule has 0 N–H and O–H groups in total. The van der Waals surface area contributed by atoms with Crippen molar-refractivity contribution in [3.63, 3.8) is 0 Å². The average molecular weight is 967 g/mol. The summed E-state index contributed by atoms with van der Waals surface area (Å²) < 4.78 is 90.7. The van der Waals surface area contributed by atoms with E-state index in [4.69, 9.17) is 75.8 Å². The summed E-state index contributed by atoms with van der Waals surface area (Å²) in [6.45, 7) is 8.55. The molecule has 0 aliphatic carbocycles. The van der Waals surface area contributed by atoms with Crippen LogP contribution in [0, 0.1) is 0 Å². The van der Waals surface area contributed by atoms with E-state index in [1.54, 1.807) is 0 Å². The predicted octanol–water partition coefficient (Wildman–Crippen LogP) is -1.29. The van der Waals surface area contributed by atoms with Crippen molar-refractivity contribution in [2.24, 2.45) is 0 Å². The summed E-state index contributed by atoms with van der Waals surface area (Å²) in [5.41, 5.74) is 0. The van der Waals surface area contributed by atoms with Crippen molar-refractivity contribution in [1.82, 2.24) is 0 Å². The van der Waals surface area contributed by atoms with Crippen LogP contribution in [0.3, 0.4) is 0 Å². The Labute approximate surface area is 382 Å². The molecule has 0 bridgehead atoms. The number of hydrogen-bond acceptors (Lipinski definition) is 27. The van der Waals surface area contributed by atoms with Gasteiger partial charge in [0.15, 0.2) is 67.5 Å². The third kappa shape index (κ3) is 17.0. The molecular formula is C40H54O27. The van der Waals surface area contributed by atoms with Crippen LogP contribution in [0.25, 0.3) is 0 Å². The molecule has 0 radical (unpaired) electrons. The first-order valence-corrected chi connectivity index (χ1v) is 20.3. The van der Waals surface area contributed by atoms with E-state index in [1.807, 2.05) is 0 Å². The van der Waals surface area contributed by atoms with Crippen LogP contribution in [0.1, 0.15) is 76.2 Å². The molecule has 3 fully saturated rings. The minimum Gasteiger partial charge on any atom is -0.463 e. The smallest absolute Gasteiger partial charge is 0.305 e. The second-order valence-electron chi connectivity index (χ2n) is 14.9. The average Bonchev–Trinajstić information content (AvgIpc) is 3.17. The van der Waals surface area contributed by atoms with E-state index in [1.165, 1.54) is 0 Å². The Morgan fingerprint density at radius 3 is 0.776 bits per heavy atom. The van der Waals surface area contributed by atoms with Gasteiger partial charge in [-0.25, -0.2) is 0 Å². The number of rotatable bonds is 18. The number of carbonyl (C=O) groups is 11. The van der Waals surface area contributed by atoms with Gasteiger partial charge in [0.05, 0.1) is 0 Å². The van der Waals surface area contributed by atoms with Gasteiger partial charge in [-0.05, 0) is 0 Å². The molecule has 3 heterocycles. The van der Waals surface area contributed by atoms with Gasteiger partial charge in [0.2, 0.25) is 6.29 Å². The van der Waals surface area contributed by atoms with E-state index in [0.717, 1.165) is 76.2 Å². The van der Waals surface area contributed by atoms with Gasteiger partial charge in [0.1, 0.15) is 38.1 Å². The normalized spacial score (nSPS) is 31.2. The Morgan fingerprint density at radius 2 is 0.493 bits per heavy atom. The number of hydrogen-bond donors (Lipinski definition) is 0. The van der Waals surface area contributed by atoms with Crippen LogP contribution in [-0.2, 0) is 129 Å². The highest BCUT2D eigenvalue weighted by Gasteiger charge is 2.60. The van der Waals surface area contributed by atoms with Crippen LogP contribution in [0.15, 0.2) is 0 Å². The molecule has 0 saturated carbocycles. The molecule has 0 aromatic carbocycles. The van der Waals surface area contributed by atoms with Gasteiger partial charge in [-0.1, -0.05) is 0 Å². The van der Waals surface area contributed by atoms with Crippen molar-refractivity contribution in [1.29, 1.82) is 0 Å². The second-order valence-corrected chi connectivity index (χ2v) is 14.9. The largest absolute Gasteiger partial charge is 0.463 e. The zero-order valence-electron chi connectivity index (χ0n) is 38.3. The maximum atomic E-state index is 13.0. The highest BCUT2D eigenvalue weighted by molar-refractivity contribution is 5.70. The summed E-state index contributed by atoms with van der Waals surface area (Å²) >= 11 is 0. The molecule has 0 unspecified atom stereocenters. The third-order valence-corrected chi connectivity index (χ3v) is 9.11. The van der Waals surface area contributed by atoms with Gasteiger partial charge in [-0.3, -0.25) is 52.7 Å². The van der Waals surface area contributed by atoms with Gasteiger partial charge in [-0.15, -0.1) is 0 Å². The summed E-state index contributed by atoms with van der Waals surface area (Å²) in [4.78, 5) is 137. The van der Waals surface area contributed by atoms with Gasteiger partial charge in [0.25, 0.3) is 0 Å². The van der Waals surface area contributed by atoms with Crippen molar-refractivity contribution >= 4 is 65.7 Å². The van der Waals surface area contributed by atoms with Gasteiger partial charge < -0.3 is 75.8 Å². The summed E-state index contributed by atoms with van der Waals surface area (Å²) in [5, 5.41) is 0. The molecule has 0 aromatic rings. The number of carbonyl (C=O) groups excluding carboxylic acids is 11. The Hall–Kier alpha value is -6.03. The molecule has 27 nitrogen and oxygen atoms in total. The molecule has 3 aliphatic rings. The third-order valence-electron chi connectivity index (χ3n) is 9.11. The number of ether oxygens (including phenoxy) is 16. The van der Waals surface area contributed by atoms with Crippen molar-refractivity contribution in [3.05, 3.63) is 0 Å². The van der Waals surface area contributed by atoms with Crippen LogP contribution < -0.4 is 0 Å². The Bertz CT molecular complexity index is 1850. The lowest BCUT2D eigenvalue weighted by Gasteiger charge is -2.50. The molecule has 3 rings (SSSR count). The van der Waals surface area contributed by atoms with Crippen molar-refractivity contribution < 1.29 is 129 Å². The van der Waals surface area contributed by atoms with E-state index in [-0.39, 0.29) is 0 Å². The lowest BCUT2D eigenvalue weighted by atomic mass is 9.95. The van der Waals surface area contributed by atoms with Crippen LogP contribution in [0.2, 0.25) is 0 Å². The number of esters is 11. The molecule has 15 atom stereocenters. The SMILES string of the molecule is CC(=O)OC[C@H]1O[C@H](O[C@@H]2[C@@H](O[C@@H]3[C@H](OC(C)=O)O[C@H](COC(C)=O)[C@@H](OC(C)=O)[C@@H]3OC(C)=O)O[C@H](COC(C)=O)[C@@H](OC(C)=O)[C@@H]2OC(C)=O)[C@@H](OC(C)=O)[C@@H](OC(C)=O)[C@@H]1OC(C)=O. The molecule has 3 saturated heterocycles. The fraction of sp³-hybridized carbons (Fsp3) is 0.725. The van der Waals surface area contributed by atoms with Crippen molar-refractivity contribution in [3.8, 4) is 0 Å². The lowest BCUT2D eigenvalue weighted by molar-refractivity contribution is -0.391. The van der Waals surface area contributed by atoms with Crippen molar-refractivity contribution in [2.75, 3.05) is 19.8 Å². The summed E-state index contributed by atoms with van der Waals surface area (Å²) in [7, 11) is 0. The Kier molecular flexibility index (Phi) is 20.8.